The molecule has 0 saturated carbocycles. The molecule has 0 saturated heterocycles. The summed E-state index contributed by atoms with van der Waals surface area (Å²) in [5.74, 6) is 0.605. The Morgan fingerprint density at radius 2 is 1.95 bits per heavy atom. The summed E-state index contributed by atoms with van der Waals surface area (Å²) in [6.07, 6.45) is 1.58. The van der Waals surface area contributed by atoms with Gasteiger partial charge in [0.15, 0.2) is 0 Å². The van der Waals surface area contributed by atoms with Gasteiger partial charge in [-0.25, -0.2) is 4.39 Å². The van der Waals surface area contributed by atoms with Crippen LogP contribution in [0.15, 0.2) is 48.5 Å². The van der Waals surface area contributed by atoms with Gasteiger partial charge < -0.3 is 10.5 Å². The zero-order valence-electron chi connectivity index (χ0n) is 11.7. The van der Waals surface area contributed by atoms with E-state index in [1.807, 2.05) is 30.3 Å². The molecular weight excluding hydrogens is 253 g/mol. The average Bonchev–Trinajstić information content (AvgIpc) is 2.45. The number of hydrogen-bond acceptors (Lipinski definition) is 2. The second-order valence-corrected chi connectivity index (χ2v) is 4.86. The highest BCUT2D eigenvalue weighted by Crippen LogP contribution is 2.21. The Hall–Kier alpha value is -1.87. The van der Waals surface area contributed by atoms with Crippen molar-refractivity contribution in [3.63, 3.8) is 0 Å². The zero-order chi connectivity index (χ0) is 14.4. The van der Waals surface area contributed by atoms with E-state index in [4.69, 9.17) is 10.5 Å². The second kappa shape index (κ2) is 7.06. The lowest BCUT2D eigenvalue weighted by Gasteiger charge is -2.14. The van der Waals surface area contributed by atoms with Crippen molar-refractivity contribution in [2.24, 2.45) is 5.73 Å². The van der Waals surface area contributed by atoms with Gasteiger partial charge in [0.05, 0.1) is 6.61 Å². The molecule has 0 aliphatic rings. The topological polar surface area (TPSA) is 35.2 Å². The van der Waals surface area contributed by atoms with Crippen LogP contribution in [0.25, 0.3) is 0 Å². The first-order valence-corrected chi connectivity index (χ1v) is 6.92. The van der Waals surface area contributed by atoms with E-state index in [2.05, 4.69) is 6.92 Å². The fourth-order valence-electron chi connectivity index (χ4n) is 2.09. The Balaban J connectivity index is 2.06. The number of rotatable bonds is 6. The third-order valence-corrected chi connectivity index (χ3v) is 3.10. The van der Waals surface area contributed by atoms with Crippen LogP contribution in [0.1, 0.15) is 30.5 Å². The van der Waals surface area contributed by atoms with Gasteiger partial charge in [-0.2, -0.15) is 0 Å². The minimum Gasteiger partial charge on any atom is -0.494 e. The second-order valence-electron chi connectivity index (χ2n) is 4.86. The van der Waals surface area contributed by atoms with Crippen molar-refractivity contribution in [3.05, 3.63) is 65.5 Å². The molecule has 2 aromatic rings. The Labute approximate surface area is 119 Å². The molecule has 2 rings (SSSR count). The summed E-state index contributed by atoms with van der Waals surface area (Å²) in [5.41, 5.74) is 8.10. The predicted octanol–water partition coefficient (Wildman–Crippen LogP) is 3.86. The van der Waals surface area contributed by atoms with Gasteiger partial charge in [-0.05, 0) is 48.2 Å². The predicted molar refractivity (Wildman–Crippen MR) is 79.3 cm³/mol. The maximum absolute atomic E-state index is 13.2. The Bertz CT molecular complexity index is 556. The van der Waals surface area contributed by atoms with Gasteiger partial charge in [-0.15, -0.1) is 0 Å². The molecule has 0 bridgehead atoms. The number of halogens is 1. The molecule has 0 spiro atoms. The summed E-state index contributed by atoms with van der Waals surface area (Å²) in [4.78, 5) is 0. The van der Waals surface area contributed by atoms with Gasteiger partial charge in [0.2, 0.25) is 0 Å². The lowest BCUT2D eigenvalue weighted by Crippen LogP contribution is -2.13. The van der Waals surface area contributed by atoms with Gasteiger partial charge in [0.1, 0.15) is 11.6 Å². The molecule has 20 heavy (non-hydrogen) atoms. The summed E-state index contributed by atoms with van der Waals surface area (Å²) in [6, 6.07) is 14.2. The molecule has 2 aromatic carbocycles. The summed E-state index contributed by atoms with van der Waals surface area (Å²) in [7, 11) is 0. The lowest BCUT2D eigenvalue weighted by atomic mass is 9.99. The normalized spacial score (nSPS) is 12.2. The van der Waals surface area contributed by atoms with Crippen LogP contribution in [0.2, 0.25) is 0 Å². The number of nitrogens with two attached hydrogens (primary N) is 1. The SMILES string of the molecule is CCCOc1cccc(C(N)Cc2cccc(F)c2)c1. The molecule has 0 amide bonds. The largest absolute Gasteiger partial charge is 0.494 e. The van der Waals surface area contributed by atoms with E-state index >= 15 is 0 Å². The smallest absolute Gasteiger partial charge is 0.123 e. The summed E-state index contributed by atoms with van der Waals surface area (Å²) in [6.45, 7) is 2.77. The monoisotopic (exact) mass is 273 g/mol. The van der Waals surface area contributed by atoms with Crippen LogP contribution in [0, 0.1) is 5.82 Å². The van der Waals surface area contributed by atoms with Crippen LogP contribution in [0.5, 0.6) is 5.75 Å². The minimum atomic E-state index is -0.227. The first-order valence-electron chi connectivity index (χ1n) is 6.92. The van der Waals surface area contributed by atoms with Crippen LogP contribution >= 0.6 is 0 Å². The Morgan fingerprint density at radius 1 is 1.15 bits per heavy atom. The molecule has 1 unspecified atom stereocenters. The fraction of sp³-hybridized carbons (Fsp3) is 0.294. The van der Waals surface area contributed by atoms with Crippen molar-refractivity contribution in [1.82, 2.24) is 0 Å². The van der Waals surface area contributed by atoms with Crippen molar-refractivity contribution >= 4 is 0 Å². The van der Waals surface area contributed by atoms with E-state index < -0.39 is 0 Å². The summed E-state index contributed by atoms with van der Waals surface area (Å²) >= 11 is 0. The number of hydrogen-bond donors (Lipinski definition) is 1. The molecule has 0 aliphatic heterocycles. The molecule has 106 valence electrons. The molecule has 0 fully saturated rings. The first kappa shape index (κ1) is 14.5. The van der Waals surface area contributed by atoms with Crippen molar-refractivity contribution in [2.45, 2.75) is 25.8 Å². The standard InChI is InChI=1S/C17H20FNO/c1-2-9-20-16-8-4-6-14(12-16)17(19)11-13-5-3-7-15(18)10-13/h3-8,10,12,17H,2,9,11,19H2,1H3. The Kier molecular flexibility index (Phi) is 5.13. The van der Waals surface area contributed by atoms with Gasteiger partial charge in [-0.1, -0.05) is 31.2 Å². The highest BCUT2D eigenvalue weighted by Gasteiger charge is 2.08. The molecule has 0 heterocycles. The van der Waals surface area contributed by atoms with Crippen LogP contribution in [-0.2, 0) is 6.42 Å². The van der Waals surface area contributed by atoms with E-state index in [1.165, 1.54) is 12.1 Å². The van der Waals surface area contributed by atoms with E-state index in [0.717, 1.165) is 23.3 Å². The number of benzene rings is 2. The van der Waals surface area contributed by atoms with E-state index in [1.54, 1.807) is 6.07 Å². The molecular formula is C17H20FNO. The van der Waals surface area contributed by atoms with Crippen LogP contribution < -0.4 is 10.5 Å². The minimum absolute atomic E-state index is 0.165. The Morgan fingerprint density at radius 3 is 2.70 bits per heavy atom. The van der Waals surface area contributed by atoms with Crippen molar-refractivity contribution in [1.29, 1.82) is 0 Å². The van der Waals surface area contributed by atoms with Gasteiger partial charge in [0.25, 0.3) is 0 Å². The molecule has 1 atom stereocenters. The van der Waals surface area contributed by atoms with Crippen molar-refractivity contribution in [3.8, 4) is 5.75 Å². The average molecular weight is 273 g/mol. The summed E-state index contributed by atoms with van der Waals surface area (Å²) < 4.78 is 18.8. The van der Waals surface area contributed by atoms with Gasteiger partial charge in [-0.3, -0.25) is 0 Å². The fourth-order valence-corrected chi connectivity index (χ4v) is 2.09. The third-order valence-electron chi connectivity index (χ3n) is 3.10. The first-order chi connectivity index (χ1) is 9.69. The number of ether oxygens (including phenoxy) is 1. The molecule has 0 aromatic heterocycles. The highest BCUT2D eigenvalue weighted by molar-refractivity contribution is 5.31. The zero-order valence-corrected chi connectivity index (χ0v) is 11.7. The van der Waals surface area contributed by atoms with Crippen LogP contribution in [0.3, 0.4) is 0 Å². The molecule has 0 radical (unpaired) electrons. The summed E-state index contributed by atoms with van der Waals surface area (Å²) in [5, 5.41) is 0. The third kappa shape index (κ3) is 4.07. The quantitative estimate of drug-likeness (QED) is 0.867. The van der Waals surface area contributed by atoms with E-state index in [9.17, 15) is 4.39 Å². The highest BCUT2D eigenvalue weighted by atomic mass is 19.1. The van der Waals surface area contributed by atoms with Gasteiger partial charge in [0, 0.05) is 6.04 Å². The molecule has 2 N–H and O–H groups in total. The maximum Gasteiger partial charge on any atom is 0.123 e. The van der Waals surface area contributed by atoms with Crippen LogP contribution in [-0.4, -0.2) is 6.61 Å². The molecule has 0 aliphatic carbocycles. The van der Waals surface area contributed by atoms with E-state index in [0.29, 0.717) is 13.0 Å². The van der Waals surface area contributed by atoms with Crippen LogP contribution in [0.4, 0.5) is 4.39 Å². The van der Waals surface area contributed by atoms with E-state index in [-0.39, 0.29) is 11.9 Å². The maximum atomic E-state index is 13.2. The molecule has 3 heteroatoms. The molecule has 2 nitrogen and oxygen atoms in total. The van der Waals surface area contributed by atoms with Crippen molar-refractivity contribution < 1.29 is 9.13 Å². The van der Waals surface area contributed by atoms with Gasteiger partial charge >= 0.3 is 0 Å². The van der Waals surface area contributed by atoms with Crippen molar-refractivity contribution in [2.75, 3.05) is 6.61 Å². The lowest BCUT2D eigenvalue weighted by molar-refractivity contribution is 0.317.